The number of rotatable bonds is 1. The molecule has 0 aliphatic heterocycles. The summed E-state index contributed by atoms with van der Waals surface area (Å²) in [5, 5.41) is 0. The van der Waals surface area contributed by atoms with Crippen molar-refractivity contribution in [3.63, 3.8) is 0 Å². The average molecular weight is 258 g/mol. The molecule has 1 N–H and O–H groups in total. The number of pyridine rings is 2. The minimum Gasteiger partial charge on any atom is -0.322 e. The van der Waals surface area contributed by atoms with Crippen LogP contribution >= 0.6 is 0 Å². The molecule has 18 heavy (non-hydrogen) atoms. The van der Waals surface area contributed by atoms with Crippen LogP contribution < -0.4 is 5.56 Å². The van der Waals surface area contributed by atoms with Crippen LogP contribution in [0, 0.1) is 5.82 Å². The first-order valence-corrected chi connectivity index (χ1v) is 4.79. The molecule has 0 aromatic carbocycles. The number of hydrogen-bond acceptors (Lipinski definition) is 2. The number of H-pyrrole nitrogens is 1. The van der Waals surface area contributed by atoms with E-state index in [-0.39, 0.29) is 11.3 Å². The normalized spacial score (nSPS) is 11.6. The standard InChI is InChI=1S/C11H6F4N2O/c12-8-1-6(4-16-5-8)9-2-7(11(13,14)15)3-10(18)17-9/h1-5H,(H,17,18). The van der Waals surface area contributed by atoms with E-state index >= 15 is 0 Å². The topological polar surface area (TPSA) is 45.8 Å². The Balaban J connectivity index is 2.59. The molecule has 94 valence electrons. The van der Waals surface area contributed by atoms with Gasteiger partial charge in [-0.25, -0.2) is 4.39 Å². The molecular weight excluding hydrogens is 252 g/mol. The van der Waals surface area contributed by atoms with Gasteiger partial charge in [0.25, 0.3) is 0 Å². The van der Waals surface area contributed by atoms with Crippen molar-refractivity contribution in [2.75, 3.05) is 0 Å². The van der Waals surface area contributed by atoms with E-state index in [0.717, 1.165) is 24.5 Å². The second-order valence-electron chi connectivity index (χ2n) is 3.54. The van der Waals surface area contributed by atoms with Crippen LogP contribution in [-0.4, -0.2) is 9.97 Å². The van der Waals surface area contributed by atoms with Crippen LogP contribution in [0.3, 0.4) is 0 Å². The summed E-state index contributed by atoms with van der Waals surface area (Å²) >= 11 is 0. The maximum Gasteiger partial charge on any atom is 0.416 e. The fourth-order valence-electron chi connectivity index (χ4n) is 1.42. The highest BCUT2D eigenvalue weighted by Gasteiger charge is 2.31. The Hall–Kier alpha value is -2.18. The predicted molar refractivity (Wildman–Crippen MR) is 55.3 cm³/mol. The SMILES string of the molecule is O=c1cc(C(F)(F)F)cc(-c2cncc(F)c2)[nH]1. The zero-order valence-electron chi connectivity index (χ0n) is 8.75. The smallest absolute Gasteiger partial charge is 0.322 e. The molecule has 0 bridgehead atoms. The molecular formula is C11H6F4N2O. The van der Waals surface area contributed by atoms with E-state index < -0.39 is 23.1 Å². The minimum atomic E-state index is -4.64. The molecule has 0 radical (unpaired) electrons. The summed E-state index contributed by atoms with van der Waals surface area (Å²) in [5.41, 5.74) is -2.07. The van der Waals surface area contributed by atoms with Gasteiger partial charge >= 0.3 is 6.18 Å². The monoisotopic (exact) mass is 258 g/mol. The molecule has 0 unspecified atom stereocenters. The van der Waals surface area contributed by atoms with Crippen molar-refractivity contribution < 1.29 is 17.6 Å². The number of nitrogens with zero attached hydrogens (tertiary/aromatic N) is 1. The molecule has 0 atom stereocenters. The first-order chi connectivity index (χ1) is 8.36. The van der Waals surface area contributed by atoms with Crippen molar-refractivity contribution in [1.29, 1.82) is 0 Å². The first kappa shape index (κ1) is 12.3. The van der Waals surface area contributed by atoms with Crippen LogP contribution in [0.15, 0.2) is 35.4 Å². The highest BCUT2D eigenvalue weighted by atomic mass is 19.4. The van der Waals surface area contributed by atoms with Crippen LogP contribution in [0.25, 0.3) is 11.3 Å². The Kier molecular flexibility index (Phi) is 2.90. The lowest BCUT2D eigenvalue weighted by Gasteiger charge is -2.08. The van der Waals surface area contributed by atoms with Crippen molar-refractivity contribution in [2.24, 2.45) is 0 Å². The molecule has 3 nitrogen and oxygen atoms in total. The number of aromatic nitrogens is 2. The van der Waals surface area contributed by atoms with Gasteiger partial charge in [-0.05, 0) is 12.1 Å². The quantitative estimate of drug-likeness (QED) is 0.799. The molecule has 0 spiro atoms. The van der Waals surface area contributed by atoms with Crippen LogP contribution in [0.2, 0.25) is 0 Å². The third-order valence-corrected chi connectivity index (χ3v) is 2.19. The lowest BCUT2D eigenvalue weighted by atomic mass is 10.1. The highest BCUT2D eigenvalue weighted by Crippen LogP contribution is 2.30. The molecule has 0 saturated carbocycles. The number of aromatic amines is 1. The molecule has 0 amide bonds. The fraction of sp³-hybridized carbons (Fsp3) is 0.0909. The second kappa shape index (κ2) is 4.25. The Morgan fingerprint density at radius 1 is 1.11 bits per heavy atom. The number of halogens is 4. The molecule has 7 heteroatoms. The molecule has 2 aromatic rings. The van der Waals surface area contributed by atoms with E-state index in [1.165, 1.54) is 0 Å². The molecule has 0 aliphatic rings. The third kappa shape index (κ3) is 2.55. The molecule has 0 saturated heterocycles. The summed E-state index contributed by atoms with van der Waals surface area (Å²) in [6, 6.07) is 2.16. The van der Waals surface area contributed by atoms with Crippen LogP contribution in [-0.2, 0) is 6.18 Å². The van der Waals surface area contributed by atoms with Crippen molar-refractivity contribution in [3.05, 3.63) is 52.3 Å². The zero-order chi connectivity index (χ0) is 13.3. The van der Waals surface area contributed by atoms with E-state index in [2.05, 4.69) is 9.97 Å². The van der Waals surface area contributed by atoms with Crippen molar-refractivity contribution >= 4 is 0 Å². The Morgan fingerprint density at radius 3 is 2.44 bits per heavy atom. The van der Waals surface area contributed by atoms with Crippen molar-refractivity contribution in [2.45, 2.75) is 6.18 Å². The summed E-state index contributed by atoms with van der Waals surface area (Å²) in [4.78, 5) is 16.9. The van der Waals surface area contributed by atoms with Crippen LogP contribution in [0.1, 0.15) is 5.56 Å². The van der Waals surface area contributed by atoms with Gasteiger partial charge in [0.2, 0.25) is 5.56 Å². The summed E-state index contributed by atoms with van der Waals surface area (Å²) in [5.74, 6) is -0.703. The summed E-state index contributed by atoms with van der Waals surface area (Å²) < 4.78 is 50.4. The van der Waals surface area contributed by atoms with Gasteiger partial charge in [0.1, 0.15) is 5.82 Å². The predicted octanol–water partition coefficient (Wildman–Crippen LogP) is 2.59. The van der Waals surface area contributed by atoms with Crippen LogP contribution in [0.5, 0.6) is 0 Å². The van der Waals surface area contributed by atoms with E-state index in [4.69, 9.17) is 0 Å². The van der Waals surface area contributed by atoms with Gasteiger partial charge in [-0.3, -0.25) is 9.78 Å². The Labute approximate surface area is 98.1 Å². The molecule has 2 aromatic heterocycles. The maximum atomic E-state index is 12.9. The fourth-order valence-corrected chi connectivity index (χ4v) is 1.42. The van der Waals surface area contributed by atoms with Gasteiger partial charge in [-0.15, -0.1) is 0 Å². The maximum absolute atomic E-state index is 12.9. The molecule has 2 heterocycles. The largest absolute Gasteiger partial charge is 0.416 e. The summed E-state index contributed by atoms with van der Waals surface area (Å²) in [7, 11) is 0. The van der Waals surface area contributed by atoms with Crippen LogP contribution in [0.4, 0.5) is 17.6 Å². The van der Waals surface area contributed by atoms with E-state index in [0.29, 0.717) is 6.07 Å². The highest BCUT2D eigenvalue weighted by molar-refractivity contribution is 5.58. The third-order valence-electron chi connectivity index (χ3n) is 2.19. The van der Waals surface area contributed by atoms with Gasteiger partial charge in [0, 0.05) is 17.8 Å². The minimum absolute atomic E-state index is 0.0678. The molecule has 2 rings (SSSR count). The zero-order valence-corrected chi connectivity index (χ0v) is 8.75. The lowest BCUT2D eigenvalue weighted by Crippen LogP contribution is -2.13. The van der Waals surface area contributed by atoms with Crippen molar-refractivity contribution in [3.8, 4) is 11.3 Å². The van der Waals surface area contributed by atoms with Gasteiger partial charge in [-0.2, -0.15) is 13.2 Å². The van der Waals surface area contributed by atoms with E-state index in [1.54, 1.807) is 0 Å². The summed E-state index contributed by atoms with van der Waals surface area (Å²) in [6.07, 6.45) is -2.56. The number of nitrogens with one attached hydrogen (secondary N) is 1. The number of alkyl halides is 3. The van der Waals surface area contributed by atoms with Crippen molar-refractivity contribution in [1.82, 2.24) is 9.97 Å². The van der Waals surface area contributed by atoms with E-state index in [9.17, 15) is 22.4 Å². The lowest BCUT2D eigenvalue weighted by molar-refractivity contribution is -0.137. The Morgan fingerprint density at radius 2 is 1.83 bits per heavy atom. The van der Waals surface area contributed by atoms with Gasteiger partial charge < -0.3 is 4.98 Å². The van der Waals surface area contributed by atoms with Gasteiger partial charge in [-0.1, -0.05) is 0 Å². The van der Waals surface area contributed by atoms with Gasteiger partial charge in [0.05, 0.1) is 17.5 Å². The molecule has 0 fully saturated rings. The van der Waals surface area contributed by atoms with Gasteiger partial charge in [0.15, 0.2) is 0 Å². The van der Waals surface area contributed by atoms with E-state index in [1.807, 2.05) is 0 Å². The second-order valence-corrected chi connectivity index (χ2v) is 3.54. The number of hydrogen-bond donors (Lipinski definition) is 1. The summed E-state index contributed by atoms with van der Waals surface area (Å²) in [6.45, 7) is 0. The average Bonchev–Trinajstić information content (AvgIpc) is 2.27. The first-order valence-electron chi connectivity index (χ1n) is 4.79. The molecule has 0 aliphatic carbocycles. The Bertz CT molecular complexity index is 633.